The Morgan fingerprint density at radius 3 is 2.50 bits per heavy atom. The van der Waals surface area contributed by atoms with Gasteiger partial charge in [0.2, 0.25) is 5.95 Å². The highest BCUT2D eigenvalue weighted by molar-refractivity contribution is 5.56. The van der Waals surface area contributed by atoms with E-state index in [-0.39, 0.29) is 6.10 Å². The predicted octanol–water partition coefficient (Wildman–Crippen LogP) is 3.15. The molecule has 5 heteroatoms. The summed E-state index contributed by atoms with van der Waals surface area (Å²) in [6, 6.07) is 10.2. The fourth-order valence-electron chi connectivity index (χ4n) is 1.65. The molecule has 2 rings (SSSR count). The Bertz CT molecular complexity index is 543. The van der Waals surface area contributed by atoms with Crippen LogP contribution in [0.4, 0.5) is 5.95 Å². The van der Waals surface area contributed by atoms with Crippen molar-refractivity contribution in [2.75, 3.05) is 11.9 Å². The average molecular weight is 272 g/mol. The van der Waals surface area contributed by atoms with Gasteiger partial charge < -0.3 is 10.1 Å². The van der Waals surface area contributed by atoms with E-state index >= 15 is 0 Å². The van der Waals surface area contributed by atoms with Gasteiger partial charge in [0.05, 0.1) is 6.10 Å². The number of nitrogens with one attached hydrogen (secondary N) is 1. The number of ether oxygens (including phenoxy) is 1. The molecule has 0 atom stereocenters. The molecule has 0 aliphatic rings. The van der Waals surface area contributed by atoms with Crippen molar-refractivity contribution in [3.05, 3.63) is 30.3 Å². The van der Waals surface area contributed by atoms with Crippen molar-refractivity contribution in [1.29, 1.82) is 0 Å². The first-order valence-corrected chi connectivity index (χ1v) is 6.91. The normalized spacial score (nSPS) is 10.6. The van der Waals surface area contributed by atoms with E-state index in [2.05, 4.69) is 27.2 Å². The number of hydrogen-bond donors (Lipinski definition) is 1. The number of anilines is 1. The van der Waals surface area contributed by atoms with Crippen LogP contribution in [0.1, 0.15) is 27.2 Å². The predicted molar refractivity (Wildman–Crippen MR) is 79.8 cm³/mol. The van der Waals surface area contributed by atoms with Crippen LogP contribution in [0, 0.1) is 0 Å². The zero-order valence-electron chi connectivity index (χ0n) is 12.1. The summed E-state index contributed by atoms with van der Waals surface area (Å²) in [6.45, 7) is 6.81. The van der Waals surface area contributed by atoms with E-state index in [1.54, 1.807) is 0 Å². The number of hydrogen-bond acceptors (Lipinski definition) is 5. The van der Waals surface area contributed by atoms with Gasteiger partial charge in [-0.25, -0.2) is 0 Å². The monoisotopic (exact) mass is 272 g/mol. The molecule has 0 unspecified atom stereocenters. The fraction of sp³-hybridized carbons (Fsp3) is 0.400. The lowest BCUT2D eigenvalue weighted by molar-refractivity contribution is 0.222. The van der Waals surface area contributed by atoms with Crippen LogP contribution in [0.2, 0.25) is 0 Å². The van der Waals surface area contributed by atoms with Crippen LogP contribution in [0.5, 0.6) is 6.01 Å². The molecule has 20 heavy (non-hydrogen) atoms. The maximum Gasteiger partial charge on any atom is 0.322 e. The summed E-state index contributed by atoms with van der Waals surface area (Å²) in [5.41, 5.74) is 0.947. The van der Waals surface area contributed by atoms with Gasteiger partial charge in [-0.05, 0) is 20.3 Å². The molecule has 1 N–H and O–H groups in total. The lowest BCUT2D eigenvalue weighted by atomic mass is 10.2. The van der Waals surface area contributed by atoms with Crippen LogP contribution in [0.25, 0.3) is 11.4 Å². The van der Waals surface area contributed by atoms with Gasteiger partial charge in [0.25, 0.3) is 0 Å². The van der Waals surface area contributed by atoms with Gasteiger partial charge in [0.15, 0.2) is 5.82 Å². The molecule has 5 nitrogen and oxygen atoms in total. The molecule has 0 saturated carbocycles. The Morgan fingerprint density at radius 1 is 1.10 bits per heavy atom. The van der Waals surface area contributed by atoms with Crippen molar-refractivity contribution < 1.29 is 4.74 Å². The van der Waals surface area contributed by atoms with Crippen LogP contribution < -0.4 is 10.1 Å². The van der Waals surface area contributed by atoms with Crippen molar-refractivity contribution in [2.45, 2.75) is 33.3 Å². The Kier molecular flexibility index (Phi) is 4.87. The summed E-state index contributed by atoms with van der Waals surface area (Å²) >= 11 is 0. The molecule has 2 aromatic rings. The maximum absolute atomic E-state index is 5.59. The molecule has 1 heterocycles. The van der Waals surface area contributed by atoms with Crippen molar-refractivity contribution in [2.24, 2.45) is 0 Å². The molecule has 0 amide bonds. The lowest BCUT2D eigenvalue weighted by Crippen LogP contribution is -2.12. The van der Waals surface area contributed by atoms with E-state index in [1.807, 2.05) is 44.2 Å². The smallest absolute Gasteiger partial charge is 0.322 e. The molecule has 1 aromatic carbocycles. The second kappa shape index (κ2) is 6.84. The molecule has 0 aliphatic heterocycles. The third-order valence-corrected chi connectivity index (χ3v) is 2.52. The molecule has 1 aromatic heterocycles. The van der Waals surface area contributed by atoms with Crippen LogP contribution in [0.15, 0.2) is 30.3 Å². The number of rotatable bonds is 6. The van der Waals surface area contributed by atoms with Crippen molar-refractivity contribution in [3.63, 3.8) is 0 Å². The zero-order valence-corrected chi connectivity index (χ0v) is 12.1. The van der Waals surface area contributed by atoms with E-state index in [0.717, 1.165) is 18.5 Å². The molecule has 0 spiro atoms. The van der Waals surface area contributed by atoms with Gasteiger partial charge in [0, 0.05) is 12.1 Å². The van der Waals surface area contributed by atoms with Gasteiger partial charge in [-0.1, -0.05) is 37.3 Å². The lowest BCUT2D eigenvalue weighted by Gasteiger charge is -2.11. The SMILES string of the molecule is CCCNc1nc(OC(C)C)nc(-c2ccccc2)n1. The highest BCUT2D eigenvalue weighted by Gasteiger charge is 2.10. The Balaban J connectivity index is 2.34. The van der Waals surface area contributed by atoms with E-state index in [4.69, 9.17) is 4.74 Å². The molecule has 106 valence electrons. The minimum atomic E-state index is 0.0278. The fourth-order valence-corrected chi connectivity index (χ4v) is 1.65. The molecule has 0 radical (unpaired) electrons. The highest BCUT2D eigenvalue weighted by atomic mass is 16.5. The minimum Gasteiger partial charge on any atom is -0.461 e. The first kappa shape index (κ1) is 14.2. The Morgan fingerprint density at radius 2 is 1.85 bits per heavy atom. The number of aromatic nitrogens is 3. The molecular weight excluding hydrogens is 252 g/mol. The van der Waals surface area contributed by atoms with Gasteiger partial charge in [-0.15, -0.1) is 0 Å². The molecule has 0 fully saturated rings. The van der Waals surface area contributed by atoms with Gasteiger partial charge in [-0.2, -0.15) is 15.0 Å². The molecular formula is C15H20N4O. The second-order valence-corrected chi connectivity index (χ2v) is 4.72. The summed E-state index contributed by atoms with van der Waals surface area (Å²) in [5.74, 6) is 1.17. The molecule has 0 aliphatic carbocycles. The largest absolute Gasteiger partial charge is 0.461 e. The van der Waals surface area contributed by atoms with E-state index in [9.17, 15) is 0 Å². The summed E-state index contributed by atoms with van der Waals surface area (Å²) in [4.78, 5) is 13.1. The third kappa shape index (κ3) is 3.91. The quantitative estimate of drug-likeness (QED) is 0.875. The van der Waals surface area contributed by atoms with Crippen LogP contribution in [-0.2, 0) is 0 Å². The first-order chi connectivity index (χ1) is 9.69. The van der Waals surface area contributed by atoms with E-state index in [1.165, 1.54) is 0 Å². The number of benzene rings is 1. The summed E-state index contributed by atoms with van der Waals surface area (Å²) < 4.78 is 5.59. The van der Waals surface area contributed by atoms with Gasteiger partial charge in [0.1, 0.15) is 0 Å². The maximum atomic E-state index is 5.59. The molecule has 0 bridgehead atoms. The van der Waals surface area contributed by atoms with Crippen molar-refractivity contribution >= 4 is 5.95 Å². The van der Waals surface area contributed by atoms with E-state index < -0.39 is 0 Å². The summed E-state index contributed by atoms with van der Waals surface area (Å²) in [7, 11) is 0. The van der Waals surface area contributed by atoms with Crippen molar-refractivity contribution in [3.8, 4) is 17.4 Å². The minimum absolute atomic E-state index is 0.0278. The van der Waals surface area contributed by atoms with Crippen LogP contribution in [-0.4, -0.2) is 27.6 Å². The number of nitrogens with zero attached hydrogens (tertiary/aromatic N) is 3. The third-order valence-electron chi connectivity index (χ3n) is 2.52. The van der Waals surface area contributed by atoms with Crippen molar-refractivity contribution in [1.82, 2.24) is 15.0 Å². The average Bonchev–Trinajstić information content (AvgIpc) is 2.45. The van der Waals surface area contributed by atoms with Crippen LogP contribution in [0.3, 0.4) is 0 Å². The standard InChI is InChI=1S/C15H20N4O/c1-4-10-16-14-17-13(12-8-6-5-7-9-12)18-15(19-14)20-11(2)3/h5-9,11H,4,10H2,1-3H3,(H,16,17,18,19). The second-order valence-electron chi connectivity index (χ2n) is 4.72. The van der Waals surface area contributed by atoms with Crippen LogP contribution >= 0.6 is 0 Å². The highest BCUT2D eigenvalue weighted by Crippen LogP contribution is 2.18. The zero-order chi connectivity index (χ0) is 14.4. The van der Waals surface area contributed by atoms with Gasteiger partial charge >= 0.3 is 6.01 Å². The topological polar surface area (TPSA) is 59.9 Å². The Hall–Kier alpha value is -2.17. The first-order valence-electron chi connectivity index (χ1n) is 6.91. The Labute approximate surface area is 119 Å². The summed E-state index contributed by atoms with van der Waals surface area (Å²) in [5, 5.41) is 3.18. The summed E-state index contributed by atoms with van der Waals surface area (Å²) in [6.07, 6.45) is 1.03. The molecule has 0 saturated heterocycles. The van der Waals surface area contributed by atoms with Gasteiger partial charge in [-0.3, -0.25) is 0 Å². The van der Waals surface area contributed by atoms with E-state index in [0.29, 0.717) is 17.8 Å².